The lowest BCUT2D eigenvalue weighted by Crippen LogP contribution is -2.33. The van der Waals surface area contributed by atoms with Crippen LogP contribution in [-0.4, -0.2) is 11.9 Å². The SMILES string of the molecule is Cc1cc(C(=O)NC2CCC(C)(C)C2)ccc1Br. The summed E-state index contributed by atoms with van der Waals surface area (Å²) in [6.45, 7) is 6.53. The average Bonchev–Trinajstić information content (AvgIpc) is 2.62. The normalized spacial score (nSPS) is 21.9. The molecule has 1 fully saturated rings. The Kier molecular flexibility index (Phi) is 3.81. The summed E-state index contributed by atoms with van der Waals surface area (Å²) in [5.74, 6) is 0.0494. The molecule has 0 radical (unpaired) electrons. The first-order valence-electron chi connectivity index (χ1n) is 6.44. The Morgan fingerprint density at radius 1 is 1.44 bits per heavy atom. The van der Waals surface area contributed by atoms with Crippen LogP contribution in [-0.2, 0) is 0 Å². The molecule has 1 aliphatic rings. The molecule has 1 amide bonds. The van der Waals surface area contributed by atoms with Crippen LogP contribution in [0.3, 0.4) is 0 Å². The van der Waals surface area contributed by atoms with Crippen molar-refractivity contribution in [1.29, 1.82) is 0 Å². The van der Waals surface area contributed by atoms with Crippen molar-refractivity contribution in [3.8, 4) is 0 Å². The standard InChI is InChI=1S/C15H20BrNO/c1-10-8-11(4-5-13(10)16)14(18)17-12-6-7-15(2,3)9-12/h4-5,8,12H,6-7,9H2,1-3H3,(H,17,18). The van der Waals surface area contributed by atoms with E-state index < -0.39 is 0 Å². The van der Waals surface area contributed by atoms with Crippen molar-refractivity contribution in [2.24, 2.45) is 5.41 Å². The van der Waals surface area contributed by atoms with Gasteiger partial charge in [-0.05, 0) is 55.4 Å². The Hall–Kier alpha value is -0.830. The summed E-state index contributed by atoms with van der Waals surface area (Å²) in [5, 5.41) is 3.14. The van der Waals surface area contributed by atoms with E-state index in [0.717, 1.165) is 28.4 Å². The van der Waals surface area contributed by atoms with Crippen LogP contribution in [0.5, 0.6) is 0 Å². The fourth-order valence-corrected chi connectivity index (χ4v) is 2.86. The number of benzene rings is 1. The number of aryl methyl sites for hydroxylation is 1. The summed E-state index contributed by atoms with van der Waals surface area (Å²) < 4.78 is 1.04. The van der Waals surface area contributed by atoms with Crippen molar-refractivity contribution >= 4 is 21.8 Å². The van der Waals surface area contributed by atoms with Crippen LogP contribution in [0, 0.1) is 12.3 Å². The Balaban J connectivity index is 2.02. The molecular formula is C15H20BrNO. The van der Waals surface area contributed by atoms with E-state index in [2.05, 4.69) is 35.1 Å². The summed E-state index contributed by atoms with van der Waals surface area (Å²) in [4.78, 5) is 12.1. The lowest BCUT2D eigenvalue weighted by molar-refractivity contribution is 0.0936. The minimum atomic E-state index is 0.0494. The van der Waals surface area contributed by atoms with Gasteiger partial charge in [0, 0.05) is 16.1 Å². The second-order valence-electron chi connectivity index (χ2n) is 6.04. The maximum absolute atomic E-state index is 12.1. The first-order valence-corrected chi connectivity index (χ1v) is 7.24. The van der Waals surface area contributed by atoms with Crippen molar-refractivity contribution in [3.63, 3.8) is 0 Å². The van der Waals surface area contributed by atoms with Crippen LogP contribution in [0.1, 0.15) is 49.0 Å². The molecule has 1 aliphatic carbocycles. The van der Waals surface area contributed by atoms with E-state index in [1.54, 1.807) is 0 Å². The third-order valence-electron chi connectivity index (χ3n) is 3.72. The van der Waals surface area contributed by atoms with Crippen LogP contribution in [0.2, 0.25) is 0 Å². The molecule has 1 saturated carbocycles. The largest absolute Gasteiger partial charge is 0.349 e. The van der Waals surface area contributed by atoms with Crippen molar-refractivity contribution in [1.82, 2.24) is 5.32 Å². The molecule has 1 atom stereocenters. The fraction of sp³-hybridized carbons (Fsp3) is 0.533. The molecule has 0 saturated heterocycles. The van der Waals surface area contributed by atoms with Crippen molar-refractivity contribution < 1.29 is 4.79 Å². The summed E-state index contributed by atoms with van der Waals surface area (Å²) in [5.41, 5.74) is 2.21. The number of carbonyl (C=O) groups excluding carboxylic acids is 1. The maximum Gasteiger partial charge on any atom is 0.251 e. The molecule has 0 aromatic heterocycles. The van der Waals surface area contributed by atoms with Gasteiger partial charge >= 0.3 is 0 Å². The highest BCUT2D eigenvalue weighted by molar-refractivity contribution is 9.10. The Morgan fingerprint density at radius 2 is 2.17 bits per heavy atom. The number of hydrogen-bond donors (Lipinski definition) is 1. The predicted octanol–water partition coefficient (Wildman–Crippen LogP) is 4.07. The molecule has 3 heteroatoms. The molecule has 0 heterocycles. The van der Waals surface area contributed by atoms with Gasteiger partial charge in [-0.15, -0.1) is 0 Å². The molecular weight excluding hydrogens is 290 g/mol. The molecule has 0 bridgehead atoms. The van der Waals surface area contributed by atoms with Crippen molar-refractivity contribution in [2.75, 3.05) is 0 Å². The van der Waals surface area contributed by atoms with Crippen LogP contribution in [0.25, 0.3) is 0 Å². The van der Waals surface area contributed by atoms with Gasteiger partial charge in [0.1, 0.15) is 0 Å². The van der Waals surface area contributed by atoms with Gasteiger partial charge in [-0.1, -0.05) is 29.8 Å². The molecule has 1 N–H and O–H groups in total. The minimum Gasteiger partial charge on any atom is -0.349 e. The molecule has 98 valence electrons. The number of carbonyl (C=O) groups is 1. The van der Waals surface area contributed by atoms with Gasteiger partial charge < -0.3 is 5.32 Å². The summed E-state index contributed by atoms with van der Waals surface area (Å²) in [7, 11) is 0. The fourth-order valence-electron chi connectivity index (χ4n) is 2.61. The molecule has 18 heavy (non-hydrogen) atoms. The highest BCUT2D eigenvalue weighted by atomic mass is 79.9. The summed E-state index contributed by atoms with van der Waals surface area (Å²) >= 11 is 3.45. The Morgan fingerprint density at radius 3 is 2.72 bits per heavy atom. The van der Waals surface area contributed by atoms with Gasteiger partial charge in [0.25, 0.3) is 5.91 Å². The zero-order valence-corrected chi connectivity index (χ0v) is 12.8. The minimum absolute atomic E-state index is 0.0494. The van der Waals surface area contributed by atoms with Gasteiger partial charge in [-0.2, -0.15) is 0 Å². The Bertz CT molecular complexity index is 468. The molecule has 2 rings (SSSR count). The third kappa shape index (κ3) is 3.14. The van der Waals surface area contributed by atoms with Gasteiger partial charge in [-0.25, -0.2) is 0 Å². The number of hydrogen-bond acceptors (Lipinski definition) is 1. The molecule has 2 nitrogen and oxygen atoms in total. The van der Waals surface area contributed by atoms with E-state index in [9.17, 15) is 4.79 Å². The number of halogens is 1. The Labute approximate surface area is 117 Å². The van der Waals surface area contributed by atoms with E-state index in [1.165, 1.54) is 6.42 Å². The van der Waals surface area contributed by atoms with E-state index in [1.807, 2.05) is 25.1 Å². The first kappa shape index (κ1) is 13.6. The molecule has 1 aromatic carbocycles. The van der Waals surface area contributed by atoms with Crippen LogP contribution < -0.4 is 5.32 Å². The zero-order chi connectivity index (χ0) is 13.3. The average molecular weight is 310 g/mol. The van der Waals surface area contributed by atoms with Gasteiger partial charge in [-0.3, -0.25) is 4.79 Å². The van der Waals surface area contributed by atoms with Crippen LogP contribution in [0.4, 0.5) is 0 Å². The quantitative estimate of drug-likeness (QED) is 0.876. The monoisotopic (exact) mass is 309 g/mol. The number of rotatable bonds is 2. The van der Waals surface area contributed by atoms with E-state index in [-0.39, 0.29) is 5.91 Å². The highest BCUT2D eigenvalue weighted by Crippen LogP contribution is 2.37. The highest BCUT2D eigenvalue weighted by Gasteiger charge is 2.31. The second kappa shape index (κ2) is 5.04. The maximum atomic E-state index is 12.1. The van der Waals surface area contributed by atoms with Gasteiger partial charge in [0.15, 0.2) is 0 Å². The molecule has 0 aliphatic heterocycles. The second-order valence-corrected chi connectivity index (χ2v) is 6.90. The van der Waals surface area contributed by atoms with Crippen molar-refractivity contribution in [3.05, 3.63) is 33.8 Å². The third-order valence-corrected chi connectivity index (χ3v) is 4.61. The van der Waals surface area contributed by atoms with Crippen LogP contribution >= 0.6 is 15.9 Å². The molecule has 1 aromatic rings. The van der Waals surface area contributed by atoms with Gasteiger partial charge in [0.2, 0.25) is 0 Å². The van der Waals surface area contributed by atoms with Gasteiger partial charge in [0.05, 0.1) is 0 Å². The topological polar surface area (TPSA) is 29.1 Å². The molecule has 1 unspecified atom stereocenters. The van der Waals surface area contributed by atoms with E-state index in [4.69, 9.17) is 0 Å². The summed E-state index contributed by atoms with van der Waals surface area (Å²) in [6.07, 6.45) is 3.36. The zero-order valence-electron chi connectivity index (χ0n) is 11.2. The first-order chi connectivity index (χ1) is 8.37. The summed E-state index contributed by atoms with van der Waals surface area (Å²) in [6, 6.07) is 6.06. The number of amides is 1. The van der Waals surface area contributed by atoms with Crippen molar-refractivity contribution in [2.45, 2.75) is 46.1 Å². The lowest BCUT2D eigenvalue weighted by atomic mass is 9.92. The number of nitrogens with one attached hydrogen (secondary N) is 1. The smallest absolute Gasteiger partial charge is 0.251 e. The molecule has 0 spiro atoms. The van der Waals surface area contributed by atoms with E-state index >= 15 is 0 Å². The van der Waals surface area contributed by atoms with E-state index in [0.29, 0.717) is 11.5 Å². The van der Waals surface area contributed by atoms with Crippen LogP contribution in [0.15, 0.2) is 22.7 Å². The lowest BCUT2D eigenvalue weighted by Gasteiger charge is -2.18. The predicted molar refractivity (Wildman–Crippen MR) is 77.8 cm³/mol.